The molecule has 9 heteroatoms. The number of ether oxygens (including phenoxy) is 2. The first-order chi connectivity index (χ1) is 20.5. The first kappa shape index (κ1) is 33.9. The van der Waals surface area contributed by atoms with Crippen molar-refractivity contribution in [2.75, 3.05) is 33.3 Å². The monoisotopic (exact) mass is 648 g/mol. The Labute approximate surface area is 280 Å². The molecule has 4 aromatic rings. The first-order valence-corrected chi connectivity index (χ1v) is 14.8. The van der Waals surface area contributed by atoms with Crippen LogP contribution in [0, 0.1) is 0 Å². The van der Waals surface area contributed by atoms with Crippen molar-refractivity contribution in [2.24, 2.45) is 0 Å². The largest absolute Gasteiger partial charge is 0.457 e. The number of hydrogen-bond acceptors (Lipinski definition) is 5. The van der Waals surface area contributed by atoms with E-state index in [1.165, 1.54) is 11.1 Å². The topological polar surface area (TPSA) is 71.0 Å². The molecule has 230 valence electrons. The van der Waals surface area contributed by atoms with Gasteiger partial charge in [0, 0.05) is 70.0 Å². The second-order valence-corrected chi connectivity index (χ2v) is 11.9. The number of rotatable bonds is 4. The highest BCUT2D eigenvalue weighted by atomic mass is 35.5. The Balaban J connectivity index is 0.000000193. The third-order valence-electron chi connectivity index (χ3n) is 8.43. The van der Waals surface area contributed by atoms with Gasteiger partial charge in [-0.1, -0.05) is 67.0 Å². The van der Waals surface area contributed by atoms with Crippen molar-refractivity contribution in [3.63, 3.8) is 0 Å². The van der Waals surface area contributed by atoms with Gasteiger partial charge in [-0.3, -0.25) is 4.79 Å². The molecule has 44 heavy (non-hydrogen) atoms. The minimum Gasteiger partial charge on any atom is -0.457 e. The van der Waals surface area contributed by atoms with Crippen LogP contribution in [-0.2, 0) is 4.79 Å². The van der Waals surface area contributed by atoms with E-state index in [0.717, 1.165) is 46.5 Å². The van der Waals surface area contributed by atoms with Crippen LogP contribution in [0.1, 0.15) is 53.4 Å². The number of aliphatic hydroxyl groups excluding tert-OH is 1. The van der Waals surface area contributed by atoms with Crippen LogP contribution in [0.15, 0.2) is 84.9 Å². The van der Waals surface area contributed by atoms with E-state index < -0.39 is 0 Å². The molecule has 6 nitrogen and oxygen atoms in total. The Hall–Kier alpha value is -3.02. The number of carbonyl (C=O) groups excluding carboxylic acids is 1. The minimum atomic E-state index is -0.177. The molecule has 0 aliphatic carbocycles. The van der Waals surface area contributed by atoms with E-state index >= 15 is 0 Å². The second-order valence-electron chi connectivity index (χ2n) is 11.0. The van der Waals surface area contributed by atoms with Crippen LogP contribution in [0.2, 0.25) is 10.0 Å². The van der Waals surface area contributed by atoms with E-state index in [4.69, 9.17) is 32.7 Å². The van der Waals surface area contributed by atoms with Crippen LogP contribution >= 0.6 is 23.2 Å². The molecule has 1 fully saturated rings. The standard InChI is InChI=1S/C17H16ClNO3.C17H16ClNO.CH4.Al.3H/c18-11-5-6-17-13(7-11)14(8-19-10-21)15(9-20)12-3-1-2-4-16(12)22-17;1-19-9-14-12-4-2-3-5-16(12)20-17-7-6-11(18)8-13(17)15(14)10-19;;;;;/h1-7,10,14-15,20H,8-9H2,(H,19,21);2-8,14-15H,9-10H2,1H3;1H4;;;;/t2*14-,15-;;;;;/m00...../s1. The number of aliphatic hydroxyl groups is 1. The zero-order valence-electron chi connectivity index (χ0n) is 23.2. The molecule has 3 aliphatic rings. The number of likely N-dealkylation sites (tertiary alicyclic amines) is 1. The van der Waals surface area contributed by atoms with Crippen LogP contribution in [-0.4, -0.2) is 67.1 Å². The van der Waals surface area contributed by atoms with E-state index in [-0.39, 0.29) is 43.2 Å². The third kappa shape index (κ3) is 6.79. The summed E-state index contributed by atoms with van der Waals surface area (Å²) in [6.45, 7) is 2.48. The fourth-order valence-electron chi connectivity index (χ4n) is 6.52. The molecule has 2 N–H and O–H groups in total. The van der Waals surface area contributed by atoms with Gasteiger partial charge >= 0.3 is 0 Å². The third-order valence-corrected chi connectivity index (χ3v) is 8.90. The highest BCUT2D eigenvalue weighted by Gasteiger charge is 2.38. The summed E-state index contributed by atoms with van der Waals surface area (Å²) < 4.78 is 12.2. The van der Waals surface area contributed by atoms with Gasteiger partial charge in [0.25, 0.3) is 0 Å². The number of halogens is 2. The van der Waals surface area contributed by atoms with Crippen LogP contribution in [0.3, 0.4) is 0 Å². The average molecular weight is 650 g/mol. The van der Waals surface area contributed by atoms with E-state index in [0.29, 0.717) is 35.6 Å². The van der Waals surface area contributed by atoms with Gasteiger partial charge in [0.2, 0.25) is 6.41 Å². The Morgan fingerprint density at radius 1 is 0.773 bits per heavy atom. The molecule has 4 atom stereocenters. The molecule has 3 aliphatic heterocycles. The maximum atomic E-state index is 10.7. The molecule has 1 saturated heterocycles. The Morgan fingerprint density at radius 3 is 1.89 bits per heavy atom. The van der Waals surface area contributed by atoms with Gasteiger partial charge in [-0.25, -0.2) is 0 Å². The Morgan fingerprint density at radius 2 is 1.27 bits per heavy atom. The number of para-hydroxylation sites is 2. The van der Waals surface area contributed by atoms with Crippen LogP contribution in [0.25, 0.3) is 0 Å². The van der Waals surface area contributed by atoms with Crippen molar-refractivity contribution >= 4 is 47.0 Å². The number of fused-ring (bicyclic) bond motifs is 7. The van der Waals surface area contributed by atoms with Crippen molar-refractivity contribution in [1.29, 1.82) is 0 Å². The van der Waals surface area contributed by atoms with E-state index in [1.54, 1.807) is 6.07 Å². The molecule has 0 bridgehead atoms. The normalized spacial score (nSPS) is 20.7. The zero-order valence-corrected chi connectivity index (χ0v) is 24.7. The molecule has 0 aromatic heterocycles. The highest BCUT2D eigenvalue weighted by molar-refractivity contribution is 6.31. The summed E-state index contributed by atoms with van der Waals surface area (Å²) in [4.78, 5) is 13.1. The van der Waals surface area contributed by atoms with Gasteiger partial charge in [-0.15, -0.1) is 0 Å². The van der Waals surface area contributed by atoms with Gasteiger partial charge in [-0.2, -0.15) is 0 Å². The fourth-order valence-corrected chi connectivity index (χ4v) is 6.88. The van der Waals surface area contributed by atoms with Gasteiger partial charge in [-0.05, 0) is 61.1 Å². The molecule has 4 aromatic carbocycles. The molecule has 7 rings (SSSR count). The predicted octanol–water partition coefficient (Wildman–Crippen LogP) is 6.76. The lowest BCUT2D eigenvalue weighted by molar-refractivity contribution is -0.109. The van der Waals surface area contributed by atoms with Crippen LogP contribution < -0.4 is 14.8 Å². The lowest BCUT2D eigenvalue weighted by Gasteiger charge is -2.24. The lowest BCUT2D eigenvalue weighted by atomic mass is 9.82. The van der Waals surface area contributed by atoms with Crippen molar-refractivity contribution in [3.05, 3.63) is 117 Å². The molecule has 1 amide bonds. The number of hydrogen-bond donors (Lipinski definition) is 2. The van der Waals surface area contributed by atoms with Gasteiger partial charge in [0.1, 0.15) is 23.0 Å². The fraction of sp³-hybridized carbons (Fsp3) is 0.286. The van der Waals surface area contributed by atoms with Crippen molar-refractivity contribution in [2.45, 2.75) is 31.1 Å². The van der Waals surface area contributed by atoms with Crippen molar-refractivity contribution < 1.29 is 19.4 Å². The van der Waals surface area contributed by atoms with Crippen LogP contribution in [0.5, 0.6) is 23.0 Å². The number of likely N-dealkylation sites (N-methyl/N-ethyl adjacent to an activating group) is 1. The molecular formula is C35H39AlCl2N2O4. The average Bonchev–Trinajstić information content (AvgIpc) is 3.27. The molecule has 0 unspecified atom stereocenters. The summed E-state index contributed by atoms with van der Waals surface area (Å²) in [6, 6.07) is 27.4. The molecule has 0 saturated carbocycles. The molecule has 0 spiro atoms. The zero-order chi connectivity index (χ0) is 29.2. The first-order valence-electron chi connectivity index (χ1n) is 14.1. The quantitative estimate of drug-likeness (QED) is 0.189. The molecular weight excluding hydrogens is 610 g/mol. The maximum absolute atomic E-state index is 10.7. The number of nitrogens with zero attached hydrogens (tertiary/aromatic N) is 1. The number of amides is 1. The number of carbonyl (C=O) groups is 1. The summed E-state index contributed by atoms with van der Waals surface area (Å²) >= 11 is 12.3. The summed E-state index contributed by atoms with van der Waals surface area (Å²) in [5.41, 5.74) is 4.37. The van der Waals surface area contributed by atoms with Gasteiger partial charge in [0.15, 0.2) is 17.4 Å². The minimum absolute atomic E-state index is 0. The smallest absolute Gasteiger partial charge is 0.207 e. The Bertz CT molecular complexity index is 1600. The summed E-state index contributed by atoms with van der Waals surface area (Å²) in [7, 11) is 2.18. The van der Waals surface area contributed by atoms with E-state index in [2.05, 4.69) is 41.5 Å². The molecule has 0 radical (unpaired) electrons. The second kappa shape index (κ2) is 14.8. The number of nitrogens with one attached hydrogen (secondary N) is 1. The van der Waals surface area contributed by atoms with Gasteiger partial charge < -0.3 is 24.8 Å². The van der Waals surface area contributed by atoms with Crippen molar-refractivity contribution in [1.82, 2.24) is 10.2 Å². The van der Waals surface area contributed by atoms with E-state index in [1.807, 2.05) is 54.6 Å². The van der Waals surface area contributed by atoms with Gasteiger partial charge in [0.05, 0.1) is 6.61 Å². The summed E-state index contributed by atoms with van der Waals surface area (Å²) in [6.07, 6.45) is 0.663. The Kier molecular flexibility index (Phi) is 11.4. The number of benzene rings is 4. The van der Waals surface area contributed by atoms with E-state index in [9.17, 15) is 9.90 Å². The predicted molar refractivity (Wildman–Crippen MR) is 182 cm³/mol. The summed E-state index contributed by atoms with van der Waals surface area (Å²) in [5, 5.41) is 14.0. The SMILES string of the molecule is C.CN1C[C@H]2c3ccccc3Oc3ccc(Cl)cc3[C@@H]2C1.O=CNC[C@H]1c2cc(Cl)ccc2Oc2ccccc2[C@@H]1CO.[AlH3]. The van der Waals surface area contributed by atoms with Crippen molar-refractivity contribution in [3.8, 4) is 23.0 Å². The summed E-state index contributed by atoms with van der Waals surface area (Å²) in [5.74, 6) is 4.00. The maximum Gasteiger partial charge on any atom is 0.207 e. The van der Waals surface area contributed by atoms with Crippen LogP contribution in [0.4, 0.5) is 0 Å². The highest BCUT2D eigenvalue weighted by Crippen LogP contribution is 2.50. The lowest BCUT2D eigenvalue weighted by Crippen LogP contribution is -2.26. The molecule has 3 heterocycles.